The topological polar surface area (TPSA) is 44.1 Å². The molecule has 0 aliphatic heterocycles. The van der Waals surface area contributed by atoms with Crippen LogP contribution in [-0.4, -0.2) is 22.6 Å². The first kappa shape index (κ1) is 11.7. The molecule has 1 atom stereocenters. The maximum absolute atomic E-state index is 11.3. The highest BCUT2D eigenvalue weighted by atomic mass is 35.5. The van der Waals surface area contributed by atoms with E-state index in [4.69, 9.17) is 11.6 Å². The summed E-state index contributed by atoms with van der Waals surface area (Å²) in [4.78, 5) is 15.2. The van der Waals surface area contributed by atoms with Crippen LogP contribution in [0.3, 0.4) is 0 Å². The first-order chi connectivity index (χ1) is 8.22. The molecule has 0 aliphatic carbocycles. The number of hydrogen-bond donors (Lipinski definition) is 0. The summed E-state index contributed by atoms with van der Waals surface area (Å²) < 4.78 is 6.39. The van der Waals surface area contributed by atoms with E-state index in [-0.39, 0.29) is 11.5 Å². The summed E-state index contributed by atoms with van der Waals surface area (Å²) in [5.41, 5.74) is 1.06. The van der Waals surface area contributed by atoms with Crippen molar-refractivity contribution in [3.8, 4) is 0 Å². The van der Waals surface area contributed by atoms with Crippen LogP contribution < -0.4 is 0 Å². The maximum atomic E-state index is 11.3. The van der Waals surface area contributed by atoms with E-state index >= 15 is 0 Å². The molecule has 88 valence electrons. The fourth-order valence-corrected chi connectivity index (χ4v) is 1.73. The molecular formula is C12H11ClN2O2. The van der Waals surface area contributed by atoms with Crippen molar-refractivity contribution >= 4 is 17.6 Å². The Balaban J connectivity index is 2.21. The average Bonchev–Trinajstić information content (AvgIpc) is 2.91. The van der Waals surface area contributed by atoms with Crippen LogP contribution in [0, 0.1) is 0 Å². The maximum Gasteiger partial charge on any atom is 0.337 e. The van der Waals surface area contributed by atoms with E-state index in [0.717, 1.165) is 5.56 Å². The van der Waals surface area contributed by atoms with Crippen LogP contribution in [-0.2, 0) is 4.74 Å². The molecule has 2 rings (SSSR count). The quantitative estimate of drug-likeness (QED) is 0.621. The molecule has 1 heterocycles. The number of aromatic nitrogens is 2. The van der Waals surface area contributed by atoms with Crippen LogP contribution in [0.15, 0.2) is 43.0 Å². The molecule has 0 spiro atoms. The number of carbonyl (C=O) groups is 1. The molecule has 0 N–H and O–H groups in total. The van der Waals surface area contributed by atoms with Gasteiger partial charge >= 0.3 is 5.97 Å². The number of esters is 1. The van der Waals surface area contributed by atoms with E-state index in [9.17, 15) is 4.79 Å². The zero-order valence-corrected chi connectivity index (χ0v) is 9.96. The average molecular weight is 251 g/mol. The lowest BCUT2D eigenvalue weighted by molar-refractivity contribution is 0.0600. The van der Waals surface area contributed by atoms with Gasteiger partial charge in [-0.05, 0) is 17.7 Å². The molecule has 1 unspecified atom stereocenters. The molecule has 17 heavy (non-hydrogen) atoms. The third-order valence-electron chi connectivity index (χ3n) is 2.39. The summed E-state index contributed by atoms with van der Waals surface area (Å²) in [6.45, 7) is 0. The fraction of sp³-hybridized carbons (Fsp3) is 0.167. The molecule has 4 nitrogen and oxygen atoms in total. The summed E-state index contributed by atoms with van der Waals surface area (Å²) in [7, 11) is 1.35. The summed E-state index contributed by atoms with van der Waals surface area (Å²) in [6, 6.07) is 6.97. The van der Waals surface area contributed by atoms with Crippen molar-refractivity contribution in [2.24, 2.45) is 0 Å². The van der Waals surface area contributed by atoms with Gasteiger partial charge in [0.25, 0.3) is 0 Å². The lowest BCUT2D eigenvalue weighted by atomic mass is 10.1. The van der Waals surface area contributed by atoms with Gasteiger partial charge < -0.3 is 9.30 Å². The predicted octanol–water partition coefficient (Wildman–Crippen LogP) is 2.46. The minimum absolute atomic E-state index is 0.329. The lowest BCUT2D eigenvalue weighted by Crippen LogP contribution is -2.04. The van der Waals surface area contributed by atoms with Gasteiger partial charge in [-0.25, -0.2) is 9.78 Å². The molecule has 0 saturated carbocycles. The number of alkyl halides is 1. The number of benzene rings is 1. The van der Waals surface area contributed by atoms with Gasteiger partial charge in [-0.1, -0.05) is 23.7 Å². The Morgan fingerprint density at radius 3 is 2.65 bits per heavy atom. The molecule has 0 bridgehead atoms. The number of ether oxygens (including phenoxy) is 1. The van der Waals surface area contributed by atoms with Gasteiger partial charge in [0.2, 0.25) is 0 Å². The third kappa shape index (κ3) is 2.47. The van der Waals surface area contributed by atoms with Crippen molar-refractivity contribution in [1.29, 1.82) is 0 Å². The van der Waals surface area contributed by atoms with E-state index in [2.05, 4.69) is 9.72 Å². The zero-order valence-electron chi connectivity index (χ0n) is 9.21. The highest BCUT2D eigenvalue weighted by molar-refractivity contribution is 6.20. The van der Waals surface area contributed by atoms with Gasteiger partial charge in [-0.2, -0.15) is 0 Å². The lowest BCUT2D eigenvalue weighted by Gasteiger charge is -2.11. The SMILES string of the molecule is COC(=O)c1ccc(C(Cl)n2ccnc2)cc1. The molecule has 1 aromatic carbocycles. The predicted molar refractivity (Wildman–Crippen MR) is 64.0 cm³/mol. The molecule has 2 aromatic rings. The molecule has 0 fully saturated rings. The molecule has 5 heteroatoms. The number of imidazole rings is 1. The minimum Gasteiger partial charge on any atom is -0.465 e. The molecule has 0 radical (unpaired) electrons. The van der Waals surface area contributed by atoms with Crippen molar-refractivity contribution in [1.82, 2.24) is 9.55 Å². The van der Waals surface area contributed by atoms with E-state index in [1.54, 1.807) is 47.6 Å². The second-order valence-corrected chi connectivity index (χ2v) is 3.87. The van der Waals surface area contributed by atoms with Crippen LogP contribution in [0.2, 0.25) is 0 Å². The minimum atomic E-state index is -0.356. The number of hydrogen-bond acceptors (Lipinski definition) is 3. The van der Waals surface area contributed by atoms with Crippen LogP contribution in [0.4, 0.5) is 0 Å². The van der Waals surface area contributed by atoms with Gasteiger partial charge in [0.05, 0.1) is 19.0 Å². The van der Waals surface area contributed by atoms with Crippen molar-refractivity contribution in [3.63, 3.8) is 0 Å². The standard InChI is InChI=1S/C12H11ClN2O2/c1-17-12(16)10-4-2-9(3-5-10)11(13)15-7-6-14-8-15/h2-8,11H,1H3. The Morgan fingerprint density at radius 1 is 1.41 bits per heavy atom. The van der Waals surface area contributed by atoms with E-state index in [0.29, 0.717) is 5.56 Å². The van der Waals surface area contributed by atoms with Crippen LogP contribution >= 0.6 is 11.6 Å². The van der Waals surface area contributed by atoms with Crippen molar-refractivity contribution in [2.45, 2.75) is 5.50 Å². The van der Waals surface area contributed by atoms with Gasteiger partial charge in [0, 0.05) is 12.4 Å². The van der Waals surface area contributed by atoms with Crippen molar-refractivity contribution in [3.05, 3.63) is 54.1 Å². The Kier molecular flexibility index (Phi) is 3.44. The Labute approximate surface area is 104 Å². The largest absolute Gasteiger partial charge is 0.465 e. The highest BCUT2D eigenvalue weighted by Gasteiger charge is 2.10. The first-order valence-electron chi connectivity index (χ1n) is 5.02. The summed E-state index contributed by atoms with van der Waals surface area (Å²) in [6.07, 6.45) is 5.09. The molecule has 0 amide bonds. The molecule has 0 saturated heterocycles. The molecule has 0 aliphatic rings. The van der Waals surface area contributed by atoms with Gasteiger partial charge in [-0.15, -0.1) is 0 Å². The first-order valence-corrected chi connectivity index (χ1v) is 5.46. The second-order valence-electron chi connectivity index (χ2n) is 3.46. The van der Waals surface area contributed by atoms with Gasteiger partial charge in [0.15, 0.2) is 0 Å². The molecular weight excluding hydrogens is 240 g/mol. The monoisotopic (exact) mass is 250 g/mol. The van der Waals surface area contributed by atoms with Crippen LogP contribution in [0.5, 0.6) is 0 Å². The summed E-state index contributed by atoms with van der Waals surface area (Å²) in [5, 5.41) is 0. The summed E-state index contributed by atoms with van der Waals surface area (Å²) >= 11 is 6.25. The Bertz CT molecular complexity index is 494. The summed E-state index contributed by atoms with van der Waals surface area (Å²) in [5.74, 6) is -0.356. The number of carbonyl (C=O) groups excluding carboxylic acids is 1. The Hall–Kier alpha value is -1.81. The van der Waals surface area contributed by atoms with E-state index < -0.39 is 0 Å². The van der Waals surface area contributed by atoms with Gasteiger partial charge in [0.1, 0.15) is 5.50 Å². The van der Waals surface area contributed by atoms with Crippen molar-refractivity contribution in [2.75, 3.05) is 7.11 Å². The normalized spacial score (nSPS) is 12.1. The van der Waals surface area contributed by atoms with E-state index in [1.807, 2.05) is 0 Å². The van der Waals surface area contributed by atoms with Crippen molar-refractivity contribution < 1.29 is 9.53 Å². The number of halogens is 1. The second kappa shape index (κ2) is 5.01. The fourth-order valence-electron chi connectivity index (χ4n) is 1.47. The van der Waals surface area contributed by atoms with Gasteiger partial charge in [-0.3, -0.25) is 0 Å². The number of methoxy groups -OCH3 is 1. The Morgan fingerprint density at radius 2 is 2.12 bits per heavy atom. The zero-order chi connectivity index (χ0) is 12.3. The number of rotatable bonds is 3. The highest BCUT2D eigenvalue weighted by Crippen LogP contribution is 2.22. The van der Waals surface area contributed by atoms with E-state index in [1.165, 1.54) is 7.11 Å². The molecule has 1 aromatic heterocycles. The third-order valence-corrected chi connectivity index (χ3v) is 2.87. The smallest absolute Gasteiger partial charge is 0.337 e. The van der Waals surface area contributed by atoms with Crippen LogP contribution in [0.25, 0.3) is 0 Å². The van der Waals surface area contributed by atoms with Crippen LogP contribution in [0.1, 0.15) is 21.4 Å². The number of nitrogens with zero attached hydrogens (tertiary/aromatic N) is 2.